The van der Waals surface area contributed by atoms with E-state index in [0.29, 0.717) is 16.2 Å². The fraction of sp³-hybridized carbons (Fsp3) is 0.333. The molecule has 3 aliphatic rings. The van der Waals surface area contributed by atoms with Crippen molar-refractivity contribution < 1.29 is 0 Å². The molecule has 234 valence electrons. The van der Waals surface area contributed by atoms with Gasteiger partial charge in [0.05, 0.1) is 0 Å². The van der Waals surface area contributed by atoms with Gasteiger partial charge >= 0.3 is 0 Å². The quantitative estimate of drug-likeness (QED) is 0.283. The van der Waals surface area contributed by atoms with Gasteiger partial charge in [0.2, 0.25) is 0 Å². The van der Waals surface area contributed by atoms with Crippen LogP contribution in [0.3, 0.4) is 0 Å². The molecular weight excluding hydrogens is 540 g/mol. The molecule has 0 heterocycles. The summed E-state index contributed by atoms with van der Waals surface area (Å²) < 4.78 is 0. The molecule has 0 spiro atoms. The van der Waals surface area contributed by atoms with Crippen molar-refractivity contribution >= 4 is 16.7 Å². The number of hydrogen-bond donors (Lipinski definition) is 0. The molecule has 0 saturated heterocycles. The average Bonchev–Trinajstić information content (AvgIpc) is 2.96. The molecule has 0 aliphatic heterocycles. The zero-order chi connectivity index (χ0) is 32.7. The van der Waals surface area contributed by atoms with Crippen molar-refractivity contribution in [1.29, 1.82) is 0 Å². The molecule has 3 aromatic rings. The van der Waals surface area contributed by atoms with Crippen LogP contribution in [0.4, 0.5) is 0 Å². The second-order valence-corrected chi connectivity index (χ2v) is 15.4. The fourth-order valence-electron chi connectivity index (χ4n) is 7.09. The third-order valence-corrected chi connectivity index (χ3v) is 8.50. The highest BCUT2D eigenvalue weighted by atomic mass is 14.3. The van der Waals surface area contributed by atoms with E-state index < -0.39 is 0 Å². The lowest BCUT2D eigenvalue weighted by molar-refractivity contribution is 0.370. The molecule has 3 aliphatic carbocycles. The lowest BCUT2D eigenvalue weighted by Crippen LogP contribution is -2.16. The van der Waals surface area contributed by atoms with E-state index >= 15 is 0 Å². The summed E-state index contributed by atoms with van der Waals surface area (Å²) in [6.07, 6.45) is 16.2. The summed E-state index contributed by atoms with van der Waals surface area (Å²) in [6, 6.07) is 31.9. The lowest BCUT2D eigenvalue weighted by Gasteiger charge is -2.31. The van der Waals surface area contributed by atoms with E-state index in [2.05, 4.69) is 183 Å². The van der Waals surface area contributed by atoms with Crippen molar-refractivity contribution in [3.05, 3.63) is 161 Å². The molecule has 0 saturated carbocycles. The molecule has 3 aromatic carbocycles. The first-order valence-electron chi connectivity index (χ1n) is 16.6. The SMILES string of the molecule is C=C1C=C(c2ccccc2)CC(C)(C)C1.CC1=CC(C)(C)CC(c2ccccc2)=C1.CC1=CC(c2ccccc2)=CC(C)(C)C1. The zero-order valence-corrected chi connectivity index (χ0v) is 29.1. The first kappa shape index (κ1) is 34.0. The molecule has 0 bridgehead atoms. The Balaban J connectivity index is 0.000000154. The third-order valence-electron chi connectivity index (χ3n) is 8.50. The molecule has 45 heavy (non-hydrogen) atoms. The van der Waals surface area contributed by atoms with Gasteiger partial charge < -0.3 is 0 Å². The van der Waals surface area contributed by atoms with Crippen LogP contribution in [0, 0.1) is 16.2 Å². The summed E-state index contributed by atoms with van der Waals surface area (Å²) in [5.74, 6) is 0. The maximum atomic E-state index is 4.11. The summed E-state index contributed by atoms with van der Waals surface area (Å²) in [5.41, 5.74) is 13.3. The molecule has 0 radical (unpaired) electrons. The molecule has 0 unspecified atom stereocenters. The Labute approximate surface area is 274 Å². The van der Waals surface area contributed by atoms with Crippen LogP contribution < -0.4 is 0 Å². The molecular formula is C45H54. The predicted molar refractivity (Wildman–Crippen MR) is 200 cm³/mol. The van der Waals surface area contributed by atoms with Crippen LogP contribution in [0.5, 0.6) is 0 Å². The third kappa shape index (κ3) is 10.6. The number of allylic oxidation sites excluding steroid dienone is 11. The second-order valence-electron chi connectivity index (χ2n) is 15.4. The summed E-state index contributed by atoms with van der Waals surface area (Å²) >= 11 is 0. The smallest absolute Gasteiger partial charge is 0.0129 e. The molecule has 0 aromatic heterocycles. The normalized spacial score (nSPS) is 19.6. The maximum Gasteiger partial charge on any atom is -0.0129 e. The maximum absolute atomic E-state index is 4.11. The van der Waals surface area contributed by atoms with Gasteiger partial charge in [-0.1, -0.05) is 186 Å². The lowest BCUT2D eigenvalue weighted by atomic mass is 9.74. The van der Waals surface area contributed by atoms with Crippen molar-refractivity contribution in [2.75, 3.05) is 0 Å². The highest BCUT2D eigenvalue weighted by Crippen LogP contribution is 2.41. The van der Waals surface area contributed by atoms with Gasteiger partial charge in [0.15, 0.2) is 0 Å². The zero-order valence-electron chi connectivity index (χ0n) is 29.1. The molecule has 0 fully saturated rings. The first-order valence-corrected chi connectivity index (χ1v) is 16.6. The van der Waals surface area contributed by atoms with Gasteiger partial charge in [-0.05, 0) is 89.2 Å². The summed E-state index contributed by atoms with van der Waals surface area (Å²) in [6.45, 7) is 22.3. The van der Waals surface area contributed by atoms with Gasteiger partial charge in [-0.2, -0.15) is 0 Å². The molecule has 0 heteroatoms. The van der Waals surface area contributed by atoms with Gasteiger partial charge in [0.1, 0.15) is 0 Å². The minimum Gasteiger partial charge on any atom is -0.0958 e. The Kier molecular flexibility index (Phi) is 10.9. The minimum absolute atomic E-state index is 0.296. The van der Waals surface area contributed by atoms with E-state index in [4.69, 9.17) is 0 Å². The molecule has 0 N–H and O–H groups in total. The largest absolute Gasteiger partial charge is 0.0958 e. The number of benzene rings is 3. The van der Waals surface area contributed by atoms with Crippen LogP contribution >= 0.6 is 0 Å². The molecule has 0 amide bonds. The summed E-state index contributed by atoms with van der Waals surface area (Å²) in [7, 11) is 0. The van der Waals surface area contributed by atoms with Crippen LogP contribution in [0.25, 0.3) is 16.7 Å². The minimum atomic E-state index is 0.296. The Hall–Kier alpha value is -3.90. The van der Waals surface area contributed by atoms with E-state index in [1.165, 1.54) is 56.5 Å². The van der Waals surface area contributed by atoms with Crippen molar-refractivity contribution in [3.8, 4) is 0 Å². The van der Waals surface area contributed by atoms with Crippen molar-refractivity contribution in [2.24, 2.45) is 16.2 Å². The first-order chi connectivity index (χ1) is 21.2. The molecule has 0 atom stereocenters. The van der Waals surface area contributed by atoms with E-state index in [0.717, 1.165) is 19.3 Å². The van der Waals surface area contributed by atoms with Crippen LogP contribution in [0.15, 0.2) is 145 Å². The number of hydrogen-bond acceptors (Lipinski definition) is 0. The van der Waals surface area contributed by atoms with Crippen LogP contribution in [-0.2, 0) is 0 Å². The van der Waals surface area contributed by atoms with Crippen LogP contribution in [-0.4, -0.2) is 0 Å². The Bertz CT molecular complexity index is 1550. The van der Waals surface area contributed by atoms with Gasteiger partial charge in [-0.15, -0.1) is 0 Å². The fourth-order valence-corrected chi connectivity index (χ4v) is 7.09. The average molecular weight is 595 g/mol. The Morgan fingerprint density at radius 1 is 0.489 bits per heavy atom. The van der Waals surface area contributed by atoms with Crippen molar-refractivity contribution in [1.82, 2.24) is 0 Å². The summed E-state index contributed by atoms with van der Waals surface area (Å²) in [4.78, 5) is 0. The van der Waals surface area contributed by atoms with E-state index in [9.17, 15) is 0 Å². The van der Waals surface area contributed by atoms with Crippen LogP contribution in [0.2, 0.25) is 0 Å². The standard InChI is InChI=1S/3C15H18/c3*1-12-9-14(11-15(2,3)10-12)13-7-5-4-6-8-13/h4-9,11H,10H2,1-3H3;4-10H,11H2,1-3H3;4-9H,1,10-11H2,2-3H3. The van der Waals surface area contributed by atoms with E-state index in [-0.39, 0.29) is 0 Å². The van der Waals surface area contributed by atoms with E-state index in [1.54, 1.807) is 0 Å². The van der Waals surface area contributed by atoms with Crippen molar-refractivity contribution in [3.63, 3.8) is 0 Å². The monoisotopic (exact) mass is 594 g/mol. The van der Waals surface area contributed by atoms with Gasteiger partial charge in [-0.25, -0.2) is 0 Å². The van der Waals surface area contributed by atoms with Gasteiger partial charge in [0.25, 0.3) is 0 Å². The highest BCUT2D eigenvalue weighted by Gasteiger charge is 2.25. The Morgan fingerprint density at radius 2 is 0.956 bits per heavy atom. The molecule has 6 rings (SSSR count). The predicted octanol–water partition coefficient (Wildman–Crippen LogP) is 13.3. The van der Waals surface area contributed by atoms with Crippen molar-refractivity contribution in [2.45, 2.75) is 81.1 Å². The summed E-state index contributed by atoms with van der Waals surface area (Å²) in [5, 5.41) is 0. The van der Waals surface area contributed by atoms with E-state index in [1.807, 2.05) is 0 Å². The van der Waals surface area contributed by atoms with Gasteiger partial charge in [0, 0.05) is 0 Å². The highest BCUT2D eigenvalue weighted by molar-refractivity contribution is 5.76. The van der Waals surface area contributed by atoms with Gasteiger partial charge in [-0.3, -0.25) is 0 Å². The second kappa shape index (κ2) is 14.5. The van der Waals surface area contributed by atoms with Crippen LogP contribution in [0.1, 0.15) is 97.8 Å². The molecule has 0 nitrogen and oxygen atoms in total. The topological polar surface area (TPSA) is 0 Å². The number of rotatable bonds is 3. The Morgan fingerprint density at radius 3 is 1.42 bits per heavy atom.